The van der Waals surface area contributed by atoms with Crippen molar-refractivity contribution in [2.24, 2.45) is 0 Å². The SMILES string of the molecule is O=C(COC(=O)Cc1ccc(S(=O)(=O)N2CCCCC2)s1)Nc1cccc2ccccc12. The first-order chi connectivity index (χ1) is 15.4. The lowest BCUT2D eigenvalue weighted by Crippen LogP contribution is -2.35. The molecule has 1 N–H and O–H groups in total. The lowest BCUT2D eigenvalue weighted by Gasteiger charge is -2.25. The summed E-state index contributed by atoms with van der Waals surface area (Å²) in [5.74, 6) is -1.02. The van der Waals surface area contributed by atoms with Gasteiger partial charge in [0.05, 0.1) is 6.42 Å². The van der Waals surface area contributed by atoms with Crippen molar-refractivity contribution in [1.82, 2.24) is 4.31 Å². The zero-order valence-corrected chi connectivity index (χ0v) is 19.1. The van der Waals surface area contributed by atoms with Crippen LogP contribution in [0.25, 0.3) is 10.8 Å². The second kappa shape index (κ2) is 9.81. The fraction of sp³-hybridized carbons (Fsp3) is 0.304. The summed E-state index contributed by atoms with van der Waals surface area (Å²) in [5.41, 5.74) is 0.648. The van der Waals surface area contributed by atoms with E-state index in [0.29, 0.717) is 23.7 Å². The maximum absolute atomic E-state index is 12.7. The molecule has 0 unspecified atom stereocenters. The molecule has 0 atom stereocenters. The highest BCUT2D eigenvalue weighted by Crippen LogP contribution is 2.27. The van der Waals surface area contributed by atoms with Crippen molar-refractivity contribution >= 4 is 49.7 Å². The van der Waals surface area contributed by atoms with Crippen LogP contribution in [-0.2, 0) is 30.8 Å². The maximum Gasteiger partial charge on any atom is 0.311 e. The summed E-state index contributed by atoms with van der Waals surface area (Å²) >= 11 is 1.07. The summed E-state index contributed by atoms with van der Waals surface area (Å²) in [6.07, 6.45) is 2.69. The average molecular weight is 473 g/mol. The van der Waals surface area contributed by atoms with Gasteiger partial charge in [0.1, 0.15) is 4.21 Å². The van der Waals surface area contributed by atoms with Crippen molar-refractivity contribution in [3.63, 3.8) is 0 Å². The number of nitrogens with one attached hydrogen (secondary N) is 1. The first-order valence-corrected chi connectivity index (χ1v) is 12.7. The minimum Gasteiger partial charge on any atom is -0.455 e. The predicted octanol–water partition coefficient (Wildman–Crippen LogP) is 3.80. The molecule has 9 heteroatoms. The van der Waals surface area contributed by atoms with Crippen LogP contribution in [0.3, 0.4) is 0 Å². The predicted molar refractivity (Wildman–Crippen MR) is 124 cm³/mol. The molecule has 1 aromatic heterocycles. The third-order valence-electron chi connectivity index (χ3n) is 5.29. The Balaban J connectivity index is 1.31. The van der Waals surface area contributed by atoms with Crippen molar-refractivity contribution in [1.29, 1.82) is 0 Å². The zero-order chi connectivity index (χ0) is 22.6. The van der Waals surface area contributed by atoms with Crippen molar-refractivity contribution in [3.05, 3.63) is 59.5 Å². The van der Waals surface area contributed by atoms with Crippen LogP contribution in [0.5, 0.6) is 0 Å². The fourth-order valence-corrected chi connectivity index (χ4v) is 6.70. The van der Waals surface area contributed by atoms with Crippen LogP contribution in [0.4, 0.5) is 5.69 Å². The Labute approximate surface area is 191 Å². The molecule has 1 amide bonds. The Morgan fingerprint density at radius 2 is 1.72 bits per heavy atom. The molecular formula is C23H24N2O5S2. The monoisotopic (exact) mass is 472 g/mol. The smallest absolute Gasteiger partial charge is 0.311 e. The number of amides is 1. The number of thiophene rings is 1. The molecule has 0 aliphatic carbocycles. The molecule has 32 heavy (non-hydrogen) atoms. The first-order valence-electron chi connectivity index (χ1n) is 10.5. The maximum atomic E-state index is 12.7. The number of anilines is 1. The van der Waals surface area contributed by atoms with E-state index in [0.717, 1.165) is 41.4 Å². The van der Waals surface area contributed by atoms with Gasteiger partial charge in [0.2, 0.25) is 0 Å². The zero-order valence-electron chi connectivity index (χ0n) is 17.5. The van der Waals surface area contributed by atoms with Gasteiger partial charge < -0.3 is 10.1 Å². The fourth-order valence-electron chi connectivity index (χ4n) is 3.68. The Morgan fingerprint density at radius 3 is 2.53 bits per heavy atom. The lowest BCUT2D eigenvalue weighted by molar-refractivity contribution is -0.146. The summed E-state index contributed by atoms with van der Waals surface area (Å²) < 4.78 is 32.3. The van der Waals surface area contributed by atoms with Crippen LogP contribution < -0.4 is 5.32 Å². The summed E-state index contributed by atoms with van der Waals surface area (Å²) in [6, 6.07) is 16.4. The van der Waals surface area contributed by atoms with E-state index >= 15 is 0 Å². The largest absolute Gasteiger partial charge is 0.455 e. The van der Waals surface area contributed by atoms with Gasteiger partial charge in [-0.25, -0.2) is 8.42 Å². The molecule has 0 spiro atoms. The molecule has 4 rings (SSSR count). The minimum absolute atomic E-state index is 0.0816. The van der Waals surface area contributed by atoms with Crippen molar-refractivity contribution in [2.45, 2.75) is 29.9 Å². The molecule has 1 saturated heterocycles. The van der Waals surface area contributed by atoms with Crippen molar-refractivity contribution in [3.8, 4) is 0 Å². The van der Waals surface area contributed by atoms with E-state index in [1.165, 1.54) is 10.4 Å². The number of hydrogen-bond acceptors (Lipinski definition) is 6. The normalized spacial score (nSPS) is 14.9. The third kappa shape index (κ3) is 5.17. The first kappa shape index (κ1) is 22.4. The Bertz CT molecular complexity index is 1220. The molecule has 0 radical (unpaired) electrons. The molecule has 1 fully saturated rings. The molecule has 2 heterocycles. The number of fused-ring (bicyclic) bond motifs is 1. The molecule has 7 nitrogen and oxygen atoms in total. The number of esters is 1. The van der Waals surface area contributed by atoms with Gasteiger partial charge in [-0.2, -0.15) is 4.31 Å². The summed E-state index contributed by atoms with van der Waals surface area (Å²) in [6.45, 7) is 0.652. The molecule has 0 saturated carbocycles. The quantitative estimate of drug-likeness (QED) is 0.528. The van der Waals surface area contributed by atoms with E-state index in [-0.39, 0.29) is 10.6 Å². The van der Waals surface area contributed by atoms with Crippen LogP contribution in [-0.4, -0.2) is 44.3 Å². The number of carbonyl (C=O) groups is 2. The van der Waals surface area contributed by atoms with E-state index in [2.05, 4.69) is 5.32 Å². The Morgan fingerprint density at radius 1 is 0.969 bits per heavy atom. The van der Waals surface area contributed by atoms with Gasteiger partial charge in [-0.3, -0.25) is 9.59 Å². The van der Waals surface area contributed by atoms with Crippen molar-refractivity contribution < 1.29 is 22.7 Å². The number of carbonyl (C=O) groups excluding carboxylic acids is 2. The van der Waals surface area contributed by atoms with E-state index in [9.17, 15) is 18.0 Å². The molecular weight excluding hydrogens is 448 g/mol. The lowest BCUT2D eigenvalue weighted by atomic mass is 10.1. The van der Waals surface area contributed by atoms with Gasteiger partial charge in [-0.1, -0.05) is 42.8 Å². The van der Waals surface area contributed by atoms with Gasteiger partial charge in [0, 0.05) is 29.0 Å². The molecule has 168 valence electrons. The number of sulfonamides is 1. The van der Waals surface area contributed by atoms with E-state index in [1.807, 2.05) is 36.4 Å². The van der Waals surface area contributed by atoms with Crippen LogP contribution >= 0.6 is 11.3 Å². The number of ether oxygens (including phenoxy) is 1. The number of rotatable bonds is 7. The Kier molecular flexibility index (Phi) is 6.88. The highest BCUT2D eigenvalue weighted by atomic mass is 32.2. The highest BCUT2D eigenvalue weighted by molar-refractivity contribution is 7.91. The van der Waals surface area contributed by atoms with Gasteiger partial charge in [0.25, 0.3) is 15.9 Å². The standard InChI is InChI=1S/C23H24N2O5S2/c26-21(24-20-10-6-8-17-7-2-3-9-19(17)20)16-30-22(27)15-18-11-12-23(31-18)32(28,29)25-13-4-1-5-14-25/h2-3,6-12H,1,4-5,13-16H2,(H,24,26). The number of hydrogen-bond donors (Lipinski definition) is 1. The summed E-state index contributed by atoms with van der Waals surface area (Å²) in [4.78, 5) is 25.0. The molecule has 0 bridgehead atoms. The number of piperidine rings is 1. The van der Waals surface area contributed by atoms with Crippen LogP contribution in [0, 0.1) is 0 Å². The van der Waals surface area contributed by atoms with Crippen molar-refractivity contribution in [2.75, 3.05) is 25.0 Å². The molecule has 1 aliphatic heterocycles. The molecule has 2 aromatic carbocycles. The average Bonchev–Trinajstić information content (AvgIpc) is 3.28. The topological polar surface area (TPSA) is 92.8 Å². The van der Waals surface area contributed by atoms with Gasteiger partial charge in [-0.15, -0.1) is 11.3 Å². The number of benzene rings is 2. The van der Waals surface area contributed by atoms with Gasteiger partial charge in [-0.05, 0) is 36.4 Å². The summed E-state index contributed by atoms with van der Waals surface area (Å²) in [5, 5.41) is 4.66. The molecule has 3 aromatic rings. The second-order valence-electron chi connectivity index (χ2n) is 7.60. The van der Waals surface area contributed by atoms with E-state index < -0.39 is 28.5 Å². The third-order valence-corrected chi connectivity index (χ3v) is 8.74. The summed E-state index contributed by atoms with van der Waals surface area (Å²) in [7, 11) is -3.52. The molecule has 1 aliphatic rings. The second-order valence-corrected chi connectivity index (χ2v) is 10.9. The highest BCUT2D eigenvalue weighted by Gasteiger charge is 2.27. The number of nitrogens with zero attached hydrogens (tertiary/aromatic N) is 1. The van der Waals surface area contributed by atoms with Crippen LogP contribution in [0.2, 0.25) is 0 Å². The van der Waals surface area contributed by atoms with Gasteiger partial charge in [0.15, 0.2) is 6.61 Å². The Hall–Kier alpha value is -2.75. The van der Waals surface area contributed by atoms with E-state index in [1.54, 1.807) is 12.1 Å². The van der Waals surface area contributed by atoms with Crippen LogP contribution in [0.15, 0.2) is 58.8 Å². The van der Waals surface area contributed by atoms with Gasteiger partial charge >= 0.3 is 5.97 Å². The minimum atomic E-state index is -3.52. The van der Waals surface area contributed by atoms with E-state index in [4.69, 9.17) is 4.74 Å². The van der Waals surface area contributed by atoms with Crippen LogP contribution in [0.1, 0.15) is 24.1 Å².